The maximum absolute atomic E-state index is 12.2. The molecular weight excluding hydrogens is 312 g/mol. The number of carbonyl (C=O) groups is 1. The van der Waals surface area contributed by atoms with Crippen LogP contribution in [0.15, 0.2) is 21.7 Å². The van der Waals surface area contributed by atoms with Crippen molar-refractivity contribution in [2.45, 2.75) is 30.5 Å². The van der Waals surface area contributed by atoms with Crippen molar-refractivity contribution >= 4 is 27.3 Å². The van der Waals surface area contributed by atoms with E-state index >= 15 is 0 Å². The average molecular weight is 334 g/mol. The third-order valence-corrected chi connectivity index (χ3v) is 5.65. The van der Waals surface area contributed by atoms with Crippen LogP contribution < -0.4 is 10.0 Å². The first kappa shape index (κ1) is 18.1. The quantitative estimate of drug-likeness (QED) is 0.665. The molecule has 6 nitrogen and oxygen atoms in total. The molecule has 0 unspecified atom stereocenters. The summed E-state index contributed by atoms with van der Waals surface area (Å²) in [5.41, 5.74) is 0. The van der Waals surface area contributed by atoms with E-state index in [1.165, 1.54) is 6.07 Å². The predicted octanol–water partition coefficient (Wildman–Crippen LogP) is 1.20. The highest BCUT2D eigenvalue weighted by Gasteiger charge is 2.28. The molecule has 0 saturated heterocycles. The summed E-state index contributed by atoms with van der Waals surface area (Å²) in [6.07, 6.45) is 0.685. The highest BCUT2D eigenvalue weighted by Crippen LogP contribution is 2.17. The van der Waals surface area contributed by atoms with Gasteiger partial charge in [-0.2, -0.15) is 4.72 Å². The third-order valence-electron chi connectivity index (χ3n) is 2.82. The van der Waals surface area contributed by atoms with E-state index in [4.69, 9.17) is 4.74 Å². The van der Waals surface area contributed by atoms with Gasteiger partial charge in [-0.15, -0.1) is 11.3 Å². The van der Waals surface area contributed by atoms with Crippen LogP contribution >= 0.6 is 11.3 Å². The minimum atomic E-state index is -3.66. The number of amides is 1. The van der Waals surface area contributed by atoms with Gasteiger partial charge in [0.1, 0.15) is 10.3 Å². The molecule has 1 atom stereocenters. The number of ether oxygens (including phenoxy) is 1. The second-order valence-corrected chi connectivity index (χ2v) is 7.80. The van der Waals surface area contributed by atoms with Crippen molar-refractivity contribution in [2.24, 2.45) is 5.92 Å². The zero-order valence-electron chi connectivity index (χ0n) is 12.5. The summed E-state index contributed by atoms with van der Waals surface area (Å²) in [6.45, 7) is 4.61. The lowest BCUT2D eigenvalue weighted by Gasteiger charge is -2.21. The lowest BCUT2D eigenvalue weighted by molar-refractivity contribution is -0.123. The average Bonchev–Trinajstić information content (AvgIpc) is 2.95. The smallest absolute Gasteiger partial charge is 0.250 e. The van der Waals surface area contributed by atoms with Crippen LogP contribution in [0.5, 0.6) is 0 Å². The molecule has 1 aromatic rings. The Kier molecular flexibility index (Phi) is 7.30. The molecule has 0 aliphatic carbocycles. The van der Waals surface area contributed by atoms with Crippen LogP contribution in [0.25, 0.3) is 0 Å². The molecule has 0 saturated carbocycles. The summed E-state index contributed by atoms with van der Waals surface area (Å²) in [6, 6.07) is 2.38. The van der Waals surface area contributed by atoms with Crippen molar-refractivity contribution in [3.8, 4) is 0 Å². The predicted molar refractivity (Wildman–Crippen MR) is 82.8 cm³/mol. The van der Waals surface area contributed by atoms with Gasteiger partial charge in [0.05, 0.1) is 0 Å². The Hall–Kier alpha value is -0.960. The number of nitrogens with one attached hydrogen (secondary N) is 2. The second-order valence-electron chi connectivity index (χ2n) is 4.91. The number of hydrogen-bond donors (Lipinski definition) is 2. The summed E-state index contributed by atoms with van der Waals surface area (Å²) in [4.78, 5) is 12.1. The fourth-order valence-corrected chi connectivity index (χ4v) is 4.03. The van der Waals surface area contributed by atoms with E-state index < -0.39 is 16.1 Å². The topological polar surface area (TPSA) is 84.5 Å². The van der Waals surface area contributed by atoms with Gasteiger partial charge in [0, 0.05) is 20.3 Å². The molecule has 120 valence electrons. The van der Waals surface area contributed by atoms with Crippen LogP contribution in [0, 0.1) is 5.92 Å². The Morgan fingerprint density at radius 1 is 1.43 bits per heavy atom. The summed E-state index contributed by atoms with van der Waals surface area (Å²) in [5.74, 6) is -0.469. The Balaban J connectivity index is 2.67. The fraction of sp³-hybridized carbons (Fsp3) is 0.615. The molecule has 1 heterocycles. The molecule has 0 aliphatic heterocycles. The number of rotatable bonds is 9. The number of methoxy groups -OCH3 is 1. The molecule has 1 rings (SSSR count). The van der Waals surface area contributed by atoms with Crippen LogP contribution in [-0.2, 0) is 19.6 Å². The molecule has 0 bridgehead atoms. The molecule has 0 aliphatic rings. The van der Waals surface area contributed by atoms with Crippen molar-refractivity contribution in [3.63, 3.8) is 0 Å². The molecular formula is C13H22N2O4S2. The Labute approximate surface area is 129 Å². The molecule has 1 aromatic heterocycles. The van der Waals surface area contributed by atoms with E-state index in [9.17, 15) is 13.2 Å². The maximum atomic E-state index is 12.2. The summed E-state index contributed by atoms with van der Waals surface area (Å²) in [7, 11) is -2.07. The minimum Gasteiger partial charge on any atom is -0.385 e. The van der Waals surface area contributed by atoms with Crippen LogP contribution in [0.1, 0.15) is 20.3 Å². The van der Waals surface area contributed by atoms with Gasteiger partial charge in [-0.25, -0.2) is 8.42 Å². The van der Waals surface area contributed by atoms with Gasteiger partial charge in [0.25, 0.3) is 10.0 Å². The summed E-state index contributed by atoms with van der Waals surface area (Å²) >= 11 is 1.12. The minimum absolute atomic E-state index is 0.151. The molecule has 8 heteroatoms. The van der Waals surface area contributed by atoms with Crippen LogP contribution in [0.4, 0.5) is 0 Å². The monoisotopic (exact) mass is 334 g/mol. The highest BCUT2D eigenvalue weighted by atomic mass is 32.2. The Bertz CT molecular complexity index is 526. The van der Waals surface area contributed by atoms with Gasteiger partial charge < -0.3 is 10.1 Å². The van der Waals surface area contributed by atoms with Crippen LogP contribution in [0.3, 0.4) is 0 Å². The fourth-order valence-electron chi connectivity index (χ4n) is 1.67. The largest absolute Gasteiger partial charge is 0.385 e. The number of carbonyl (C=O) groups excluding carboxylic acids is 1. The molecule has 2 N–H and O–H groups in total. The van der Waals surface area contributed by atoms with Gasteiger partial charge in [0.2, 0.25) is 5.91 Å². The zero-order valence-corrected chi connectivity index (χ0v) is 14.1. The highest BCUT2D eigenvalue weighted by molar-refractivity contribution is 7.91. The molecule has 0 spiro atoms. The first-order valence-electron chi connectivity index (χ1n) is 6.71. The molecule has 0 fully saturated rings. The first-order chi connectivity index (χ1) is 9.88. The lowest BCUT2D eigenvalue weighted by Crippen LogP contribution is -2.49. The number of sulfonamides is 1. The number of thiophene rings is 1. The van der Waals surface area contributed by atoms with Crippen molar-refractivity contribution in [3.05, 3.63) is 17.5 Å². The van der Waals surface area contributed by atoms with Gasteiger partial charge in [-0.1, -0.05) is 19.9 Å². The van der Waals surface area contributed by atoms with Gasteiger partial charge in [-0.3, -0.25) is 4.79 Å². The van der Waals surface area contributed by atoms with Gasteiger partial charge in [-0.05, 0) is 23.8 Å². The maximum Gasteiger partial charge on any atom is 0.250 e. The Morgan fingerprint density at radius 2 is 2.14 bits per heavy atom. The Morgan fingerprint density at radius 3 is 2.67 bits per heavy atom. The lowest BCUT2D eigenvalue weighted by atomic mass is 10.1. The first-order valence-corrected chi connectivity index (χ1v) is 9.07. The summed E-state index contributed by atoms with van der Waals surface area (Å²) in [5, 5.41) is 4.41. The van der Waals surface area contributed by atoms with Crippen LogP contribution in [-0.4, -0.2) is 40.6 Å². The van der Waals surface area contributed by atoms with E-state index in [2.05, 4.69) is 10.0 Å². The van der Waals surface area contributed by atoms with E-state index in [0.717, 1.165) is 11.3 Å². The van der Waals surface area contributed by atoms with Crippen LogP contribution in [0.2, 0.25) is 0 Å². The van der Waals surface area contributed by atoms with Crippen molar-refractivity contribution in [1.82, 2.24) is 10.0 Å². The van der Waals surface area contributed by atoms with E-state index in [1.807, 2.05) is 0 Å². The summed E-state index contributed by atoms with van der Waals surface area (Å²) < 4.78 is 32.0. The molecule has 21 heavy (non-hydrogen) atoms. The van der Waals surface area contributed by atoms with Crippen molar-refractivity contribution in [1.29, 1.82) is 0 Å². The van der Waals surface area contributed by atoms with E-state index in [-0.39, 0.29) is 16.0 Å². The van der Waals surface area contributed by atoms with Gasteiger partial charge >= 0.3 is 0 Å². The zero-order chi connectivity index (χ0) is 15.9. The van der Waals surface area contributed by atoms with Crippen molar-refractivity contribution < 1.29 is 17.9 Å². The van der Waals surface area contributed by atoms with Gasteiger partial charge in [0.15, 0.2) is 0 Å². The standard InChI is InChI=1S/C13H22N2O4S2/c1-10(2)12(13(16)14-7-5-8-19-3)15-21(17,18)11-6-4-9-20-11/h4,6,9-10,12,15H,5,7-8H2,1-3H3,(H,14,16)/t12-/m1/s1. The van der Waals surface area contributed by atoms with Crippen molar-refractivity contribution in [2.75, 3.05) is 20.3 Å². The SMILES string of the molecule is COCCCNC(=O)[C@H](NS(=O)(=O)c1cccs1)C(C)C. The second kappa shape index (κ2) is 8.47. The molecule has 1 amide bonds. The van der Waals surface area contributed by atoms with E-state index in [1.54, 1.807) is 32.4 Å². The molecule has 0 aromatic carbocycles. The third kappa shape index (κ3) is 5.74. The van der Waals surface area contributed by atoms with E-state index in [0.29, 0.717) is 19.6 Å². The number of hydrogen-bond acceptors (Lipinski definition) is 5. The molecule has 0 radical (unpaired) electrons. The normalized spacial score (nSPS) is 13.3.